The highest BCUT2D eigenvalue weighted by Crippen LogP contribution is 2.31. The topological polar surface area (TPSA) is 92.8 Å². The predicted molar refractivity (Wildman–Crippen MR) is 147 cm³/mol. The first-order valence-corrected chi connectivity index (χ1v) is 13.6. The molecule has 0 bridgehead atoms. The monoisotopic (exact) mass is 624 g/mol. The average Bonchev–Trinajstić information content (AvgIpc) is 2.96. The number of carbonyl (C=O) groups excluding carboxylic acids is 2. The first-order chi connectivity index (χ1) is 20.9. The molecule has 1 saturated heterocycles. The van der Waals surface area contributed by atoms with E-state index in [-0.39, 0.29) is 49.2 Å². The summed E-state index contributed by atoms with van der Waals surface area (Å²) in [6.07, 6.45) is -4.71. The number of anilines is 1. The Morgan fingerprint density at radius 3 is 2.48 bits per heavy atom. The molecule has 2 heterocycles. The number of hydrogen-bond donors (Lipinski definition) is 2. The van der Waals surface area contributed by atoms with Crippen molar-refractivity contribution in [1.29, 1.82) is 0 Å². The number of alkyl halides is 3. The molecular formula is C30H30F6N4O4. The van der Waals surface area contributed by atoms with E-state index in [1.807, 2.05) is 0 Å². The number of amides is 2. The number of halogens is 6. The highest BCUT2D eigenvalue weighted by molar-refractivity contribution is 5.92. The summed E-state index contributed by atoms with van der Waals surface area (Å²) in [6, 6.07) is 11.3. The summed E-state index contributed by atoms with van der Waals surface area (Å²) in [5.74, 6) is -2.99. The Morgan fingerprint density at radius 1 is 1.09 bits per heavy atom. The van der Waals surface area contributed by atoms with Crippen LogP contribution in [0.2, 0.25) is 0 Å². The van der Waals surface area contributed by atoms with Crippen LogP contribution in [0.4, 0.5) is 36.8 Å². The third-order valence-electron chi connectivity index (χ3n) is 6.97. The largest absolute Gasteiger partial charge is 0.428 e. The molecule has 236 valence electrons. The van der Waals surface area contributed by atoms with E-state index >= 15 is 0 Å². The van der Waals surface area contributed by atoms with Gasteiger partial charge >= 0.3 is 12.3 Å². The molecule has 14 heteroatoms. The summed E-state index contributed by atoms with van der Waals surface area (Å²) in [4.78, 5) is 29.3. The van der Waals surface area contributed by atoms with Crippen molar-refractivity contribution in [3.05, 3.63) is 95.1 Å². The van der Waals surface area contributed by atoms with Gasteiger partial charge in [0.1, 0.15) is 24.0 Å². The zero-order valence-electron chi connectivity index (χ0n) is 23.5. The van der Waals surface area contributed by atoms with Crippen LogP contribution in [0.25, 0.3) is 0 Å². The molecule has 2 N–H and O–H groups in total. The minimum atomic E-state index is -4.57. The molecule has 1 aliphatic heterocycles. The lowest BCUT2D eigenvalue weighted by molar-refractivity contribution is -0.143. The molecule has 2 amide bonds. The molecule has 3 aromatic rings. The molecule has 8 nitrogen and oxygen atoms in total. The van der Waals surface area contributed by atoms with Crippen LogP contribution >= 0.6 is 0 Å². The van der Waals surface area contributed by atoms with Crippen molar-refractivity contribution in [3.63, 3.8) is 0 Å². The molecule has 1 aromatic heterocycles. The van der Waals surface area contributed by atoms with Crippen molar-refractivity contribution in [3.8, 4) is 0 Å². The van der Waals surface area contributed by atoms with Crippen molar-refractivity contribution in [2.45, 2.75) is 43.7 Å². The number of rotatable bonds is 10. The highest BCUT2D eigenvalue weighted by atomic mass is 19.4. The zero-order valence-corrected chi connectivity index (χ0v) is 23.5. The maximum Gasteiger partial charge on any atom is 0.411 e. The fourth-order valence-corrected chi connectivity index (χ4v) is 4.79. The van der Waals surface area contributed by atoms with Crippen LogP contribution in [0.5, 0.6) is 0 Å². The normalized spacial score (nSPS) is 17.5. The van der Waals surface area contributed by atoms with Gasteiger partial charge in [0, 0.05) is 31.5 Å². The van der Waals surface area contributed by atoms with E-state index in [2.05, 4.69) is 15.6 Å². The lowest BCUT2D eigenvalue weighted by Crippen LogP contribution is -2.50. The van der Waals surface area contributed by atoms with Gasteiger partial charge < -0.3 is 19.7 Å². The standard InChI is InChI=1S/C30H30F6N4O4/c1-40(17-30(34,35)36)29(42)44-28-16-43-20(13-38-28)10-11-22-25(33)14-37-15-26(22)39-27(41)12-23(18-6-8-19(31)9-7-18)21-4-2-3-5-24(21)32/h2-9,14-15,20,23,28,38H,10-13,16-17H2,1H3,(H,39,41)/t20-,23+,28+/m1/s1. The Labute approximate surface area is 249 Å². The van der Waals surface area contributed by atoms with E-state index in [0.717, 1.165) is 13.2 Å². The third kappa shape index (κ3) is 9.16. The lowest BCUT2D eigenvalue weighted by atomic mass is 9.88. The summed E-state index contributed by atoms with van der Waals surface area (Å²) < 4.78 is 91.3. The smallest absolute Gasteiger partial charge is 0.411 e. The molecule has 0 aliphatic carbocycles. The van der Waals surface area contributed by atoms with Gasteiger partial charge in [0.2, 0.25) is 5.91 Å². The number of carbonyl (C=O) groups is 2. The van der Waals surface area contributed by atoms with Crippen LogP contribution in [0, 0.1) is 17.5 Å². The van der Waals surface area contributed by atoms with Gasteiger partial charge in [-0.3, -0.25) is 15.1 Å². The molecule has 0 radical (unpaired) electrons. The van der Waals surface area contributed by atoms with Gasteiger partial charge in [-0.15, -0.1) is 0 Å². The van der Waals surface area contributed by atoms with Gasteiger partial charge in [-0.2, -0.15) is 13.2 Å². The van der Waals surface area contributed by atoms with Gasteiger partial charge in [0.15, 0.2) is 6.23 Å². The van der Waals surface area contributed by atoms with Crippen LogP contribution in [0.15, 0.2) is 60.9 Å². The molecule has 44 heavy (non-hydrogen) atoms. The first-order valence-electron chi connectivity index (χ1n) is 13.6. The van der Waals surface area contributed by atoms with Gasteiger partial charge in [-0.1, -0.05) is 30.3 Å². The molecule has 3 atom stereocenters. The first kappa shape index (κ1) is 32.7. The van der Waals surface area contributed by atoms with E-state index in [0.29, 0.717) is 10.5 Å². The van der Waals surface area contributed by atoms with E-state index in [4.69, 9.17) is 9.47 Å². The number of pyridine rings is 1. The number of aromatic nitrogens is 1. The number of benzene rings is 2. The van der Waals surface area contributed by atoms with Crippen molar-refractivity contribution >= 4 is 17.7 Å². The molecule has 1 aliphatic rings. The SMILES string of the molecule is CN(CC(F)(F)F)C(=O)O[C@H]1CO[C@H](CCc2c(F)cncc2NC(=O)C[C@@H](c2ccc(F)cc2)c2ccccc2F)CN1. The Morgan fingerprint density at radius 2 is 1.82 bits per heavy atom. The highest BCUT2D eigenvalue weighted by Gasteiger charge is 2.33. The third-order valence-corrected chi connectivity index (χ3v) is 6.97. The van der Waals surface area contributed by atoms with Gasteiger partial charge in [0.25, 0.3) is 0 Å². The Hall–Kier alpha value is -4.17. The van der Waals surface area contributed by atoms with E-state index < -0.39 is 60.4 Å². The Balaban J connectivity index is 1.36. The summed E-state index contributed by atoms with van der Waals surface area (Å²) in [5, 5.41) is 5.53. The molecule has 1 fully saturated rings. The molecule has 2 aromatic carbocycles. The lowest BCUT2D eigenvalue weighted by Gasteiger charge is -2.31. The fraction of sp³-hybridized carbons (Fsp3) is 0.367. The number of nitrogens with zero attached hydrogens (tertiary/aromatic N) is 2. The van der Waals surface area contributed by atoms with Crippen LogP contribution in [0.3, 0.4) is 0 Å². The van der Waals surface area contributed by atoms with E-state index in [1.54, 1.807) is 6.07 Å². The van der Waals surface area contributed by atoms with Gasteiger partial charge in [0.05, 0.1) is 30.8 Å². The number of ether oxygens (including phenoxy) is 2. The number of nitrogens with one attached hydrogen (secondary N) is 2. The molecule has 0 unspecified atom stereocenters. The quantitative estimate of drug-likeness (QED) is 0.288. The van der Waals surface area contributed by atoms with Crippen LogP contribution in [-0.2, 0) is 20.7 Å². The summed E-state index contributed by atoms with van der Waals surface area (Å²) >= 11 is 0. The Kier molecular flexibility index (Phi) is 10.8. The van der Waals surface area contributed by atoms with E-state index in [9.17, 15) is 35.9 Å². The van der Waals surface area contributed by atoms with Crippen LogP contribution < -0.4 is 10.6 Å². The fourth-order valence-electron chi connectivity index (χ4n) is 4.79. The van der Waals surface area contributed by atoms with E-state index in [1.165, 1.54) is 48.7 Å². The summed E-state index contributed by atoms with van der Waals surface area (Å²) in [5.41, 5.74) is 1.03. The zero-order chi connectivity index (χ0) is 31.9. The maximum absolute atomic E-state index is 14.8. The van der Waals surface area contributed by atoms with Crippen molar-refractivity contribution in [1.82, 2.24) is 15.2 Å². The molecule has 0 spiro atoms. The second-order valence-corrected chi connectivity index (χ2v) is 10.3. The van der Waals surface area contributed by atoms with Gasteiger partial charge in [-0.05, 0) is 42.2 Å². The minimum Gasteiger partial charge on any atom is -0.428 e. The van der Waals surface area contributed by atoms with Gasteiger partial charge in [-0.25, -0.2) is 18.0 Å². The van der Waals surface area contributed by atoms with Crippen LogP contribution in [-0.4, -0.2) is 67.1 Å². The second-order valence-electron chi connectivity index (χ2n) is 10.3. The Bertz CT molecular complexity index is 1430. The second kappa shape index (κ2) is 14.5. The van der Waals surface area contributed by atoms with Crippen molar-refractivity contribution < 1.29 is 45.4 Å². The summed E-state index contributed by atoms with van der Waals surface area (Å²) in [7, 11) is 0.963. The maximum atomic E-state index is 14.8. The number of hydrogen-bond acceptors (Lipinski definition) is 6. The van der Waals surface area contributed by atoms with Crippen molar-refractivity contribution in [2.75, 3.05) is 32.1 Å². The van der Waals surface area contributed by atoms with Crippen LogP contribution in [0.1, 0.15) is 35.4 Å². The summed E-state index contributed by atoms with van der Waals surface area (Å²) in [6.45, 7) is -1.44. The van der Waals surface area contributed by atoms with Crippen molar-refractivity contribution in [2.24, 2.45) is 0 Å². The molecular weight excluding hydrogens is 594 g/mol. The predicted octanol–water partition coefficient (Wildman–Crippen LogP) is 5.54. The average molecular weight is 625 g/mol. The minimum absolute atomic E-state index is 0.115. The molecule has 0 saturated carbocycles. The molecule has 4 rings (SSSR count). The number of morpholine rings is 1.